The topological polar surface area (TPSA) is 30.9 Å². The highest BCUT2D eigenvalue weighted by atomic mass is 16.9. The molecule has 0 aromatic carbocycles. The van der Waals surface area contributed by atoms with Crippen LogP contribution in [0.15, 0.2) is 0 Å². The highest BCUT2D eigenvalue weighted by Crippen LogP contribution is 2.17. The molecule has 0 bridgehead atoms. The molecule has 0 amide bonds. The molecule has 0 aliphatic carbocycles. The number of nitrogens with zero attached hydrogens (tertiary/aromatic N) is 1. The van der Waals surface area contributed by atoms with E-state index in [0.717, 1.165) is 0 Å². The maximum Gasteiger partial charge on any atom is 0.281 e. The van der Waals surface area contributed by atoms with Gasteiger partial charge >= 0.3 is 0 Å². The van der Waals surface area contributed by atoms with Crippen LogP contribution in [-0.2, 0) is 14.2 Å². The average Bonchev–Trinajstić information content (AvgIpc) is 2.04. The van der Waals surface area contributed by atoms with E-state index in [4.69, 9.17) is 14.2 Å². The summed E-state index contributed by atoms with van der Waals surface area (Å²) < 4.78 is 16.5. The van der Waals surface area contributed by atoms with Crippen LogP contribution in [0.5, 0.6) is 0 Å². The first-order valence-electron chi connectivity index (χ1n) is 5.07. The van der Waals surface area contributed by atoms with Gasteiger partial charge in [-0.2, -0.15) is 0 Å². The summed E-state index contributed by atoms with van der Waals surface area (Å²) in [5, 5.41) is 0. The average molecular weight is 205 g/mol. The smallest absolute Gasteiger partial charge is 0.281 e. The second-order valence-corrected chi connectivity index (χ2v) is 3.41. The molecule has 86 valence electrons. The molecule has 0 radical (unpaired) electrons. The van der Waals surface area contributed by atoms with Gasteiger partial charge in [-0.05, 0) is 34.9 Å². The van der Waals surface area contributed by atoms with Gasteiger partial charge in [0.05, 0.1) is 0 Å². The molecule has 4 heteroatoms. The van der Waals surface area contributed by atoms with Crippen molar-refractivity contribution >= 4 is 0 Å². The third-order valence-corrected chi connectivity index (χ3v) is 1.92. The van der Waals surface area contributed by atoms with Crippen molar-refractivity contribution in [3.63, 3.8) is 0 Å². The molecule has 1 unspecified atom stereocenters. The van der Waals surface area contributed by atoms with Gasteiger partial charge in [0.2, 0.25) is 0 Å². The maximum absolute atomic E-state index is 5.66. The predicted octanol–water partition coefficient (Wildman–Crippen LogP) is 1.66. The fourth-order valence-corrected chi connectivity index (χ4v) is 1.05. The molecule has 0 saturated heterocycles. The normalized spacial score (nSPS) is 14.8. The Bertz CT molecular complexity index is 144. The van der Waals surface area contributed by atoms with Gasteiger partial charge in [0.15, 0.2) is 0 Å². The molecule has 0 aliphatic rings. The number of hydrogen-bond acceptors (Lipinski definition) is 4. The Morgan fingerprint density at radius 1 is 1.14 bits per heavy atom. The first kappa shape index (κ1) is 13.8. The van der Waals surface area contributed by atoms with Crippen LogP contribution in [0.4, 0.5) is 0 Å². The number of rotatable bonds is 7. The predicted molar refractivity (Wildman–Crippen MR) is 55.9 cm³/mol. The summed E-state index contributed by atoms with van der Waals surface area (Å²) in [5.74, 6) is -0.937. The summed E-state index contributed by atoms with van der Waals surface area (Å²) >= 11 is 0. The van der Waals surface area contributed by atoms with Gasteiger partial charge in [0, 0.05) is 20.1 Å². The van der Waals surface area contributed by atoms with E-state index in [9.17, 15) is 0 Å². The first-order chi connectivity index (χ1) is 6.45. The molecule has 0 heterocycles. The molecule has 14 heavy (non-hydrogen) atoms. The Balaban J connectivity index is 4.20. The Hall–Kier alpha value is -0.160. The Labute approximate surface area is 87.1 Å². The van der Waals surface area contributed by atoms with Crippen molar-refractivity contribution in [2.75, 3.05) is 27.3 Å². The zero-order valence-corrected chi connectivity index (χ0v) is 10.2. The van der Waals surface area contributed by atoms with E-state index in [1.807, 2.05) is 39.8 Å². The minimum absolute atomic E-state index is 0.0434. The molecular weight excluding hydrogens is 182 g/mol. The van der Waals surface area contributed by atoms with Crippen LogP contribution in [-0.4, -0.2) is 44.4 Å². The summed E-state index contributed by atoms with van der Waals surface area (Å²) in [4.78, 5) is 1.95. The first-order valence-corrected chi connectivity index (χ1v) is 5.07. The van der Waals surface area contributed by atoms with Crippen molar-refractivity contribution in [2.45, 2.75) is 39.9 Å². The highest BCUT2D eigenvalue weighted by Gasteiger charge is 2.29. The molecule has 1 atom stereocenters. The van der Waals surface area contributed by atoms with Crippen LogP contribution in [0.3, 0.4) is 0 Å². The van der Waals surface area contributed by atoms with Crippen molar-refractivity contribution in [1.29, 1.82) is 0 Å². The standard InChI is InChI=1S/C10H23NO3/c1-7-12-10(4,13-8-2)14-9(3)11(5)6/h9H,7-8H2,1-6H3. The van der Waals surface area contributed by atoms with Gasteiger partial charge in [0.25, 0.3) is 5.97 Å². The van der Waals surface area contributed by atoms with Crippen LogP contribution in [0.25, 0.3) is 0 Å². The lowest BCUT2D eigenvalue weighted by molar-refractivity contribution is -0.390. The summed E-state index contributed by atoms with van der Waals surface area (Å²) in [7, 11) is 3.89. The molecule has 0 fully saturated rings. The minimum atomic E-state index is -0.937. The molecule has 0 saturated carbocycles. The molecule has 0 aromatic rings. The molecule has 0 N–H and O–H groups in total. The second kappa shape index (κ2) is 6.35. The Morgan fingerprint density at radius 3 is 1.86 bits per heavy atom. The fraction of sp³-hybridized carbons (Fsp3) is 1.00. The zero-order chi connectivity index (χ0) is 11.2. The van der Waals surface area contributed by atoms with E-state index in [0.29, 0.717) is 13.2 Å². The van der Waals surface area contributed by atoms with E-state index in [1.165, 1.54) is 0 Å². The molecular formula is C10H23NO3. The van der Waals surface area contributed by atoms with Crippen molar-refractivity contribution < 1.29 is 14.2 Å². The quantitative estimate of drug-likeness (QED) is 0.591. The van der Waals surface area contributed by atoms with Gasteiger partial charge in [-0.25, -0.2) is 0 Å². The third-order valence-electron chi connectivity index (χ3n) is 1.92. The van der Waals surface area contributed by atoms with E-state index >= 15 is 0 Å². The summed E-state index contributed by atoms with van der Waals surface area (Å²) in [5.41, 5.74) is 0. The second-order valence-electron chi connectivity index (χ2n) is 3.41. The van der Waals surface area contributed by atoms with Crippen molar-refractivity contribution in [2.24, 2.45) is 0 Å². The summed E-state index contributed by atoms with van der Waals surface area (Å²) in [6.45, 7) is 8.71. The minimum Gasteiger partial charge on any atom is -0.328 e. The number of hydrogen-bond donors (Lipinski definition) is 0. The van der Waals surface area contributed by atoms with Gasteiger partial charge in [-0.3, -0.25) is 4.90 Å². The van der Waals surface area contributed by atoms with Crippen molar-refractivity contribution in [3.05, 3.63) is 0 Å². The zero-order valence-electron chi connectivity index (χ0n) is 10.2. The molecule has 0 aromatic heterocycles. The van der Waals surface area contributed by atoms with Crippen LogP contribution in [0.2, 0.25) is 0 Å². The van der Waals surface area contributed by atoms with Gasteiger partial charge in [0.1, 0.15) is 6.23 Å². The lowest BCUT2D eigenvalue weighted by Crippen LogP contribution is -2.43. The third kappa shape index (κ3) is 4.91. The summed E-state index contributed by atoms with van der Waals surface area (Å²) in [6, 6.07) is 0. The van der Waals surface area contributed by atoms with Crippen LogP contribution in [0, 0.1) is 0 Å². The monoisotopic (exact) mass is 205 g/mol. The SMILES string of the molecule is CCOC(C)(OCC)OC(C)N(C)C. The van der Waals surface area contributed by atoms with Gasteiger partial charge in [-0.15, -0.1) is 0 Å². The maximum atomic E-state index is 5.66. The lowest BCUT2D eigenvalue weighted by atomic mass is 10.5. The lowest BCUT2D eigenvalue weighted by Gasteiger charge is -2.33. The molecule has 0 aliphatic heterocycles. The van der Waals surface area contributed by atoms with E-state index in [1.54, 1.807) is 6.92 Å². The van der Waals surface area contributed by atoms with Gasteiger partial charge < -0.3 is 14.2 Å². The Morgan fingerprint density at radius 2 is 1.57 bits per heavy atom. The number of ether oxygens (including phenoxy) is 3. The van der Waals surface area contributed by atoms with Crippen molar-refractivity contribution in [3.8, 4) is 0 Å². The van der Waals surface area contributed by atoms with Crippen LogP contribution in [0.1, 0.15) is 27.7 Å². The van der Waals surface area contributed by atoms with Crippen molar-refractivity contribution in [1.82, 2.24) is 4.90 Å². The molecule has 0 spiro atoms. The van der Waals surface area contributed by atoms with E-state index in [-0.39, 0.29) is 6.23 Å². The van der Waals surface area contributed by atoms with Crippen LogP contribution >= 0.6 is 0 Å². The molecule has 0 rings (SSSR count). The largest absolute Gasteiger partial charge is 0.328 e. The summed E-state index contributed by atoms with van der Waals surface area (Å²) in [6.07, 6.45) is -0.0434. The fourth-order valence-electron chi connectivity index (χ4n) is 1.05. The van der Waals surface area contributed by atoms with E-state index in [2.05, 4.69) is 0 Å². The van der Waals surface area contributed by atoms with Gasteiger partial charge in [-0.1, -0.05) is 0 Å². The molecule has 4 nitrogen and oxygen atoms in total. The Kier molecular flexibility index (Phi) is 6.27. The van der Waals surface area contributed by atoms with Crippen LogP contribution < -0.4 is 0 Å². The van der Waals surface area contributed by atoms with E-state index < -0.39 is 5.97 Å². The highest BCUT2D eigenvalue weighted by molar-refractivity contribution is 4.53.